The largest absolute Gasteiger partial charge is 0.491 e. The fraction of sp³-hybridized carbons (Fsp3) is 0.438. The number of methoxy groups -OCH3 is 1. The quantitative estimate of drug-likeness (QED) is 0.884. The second kappa shape index (κ2) is 6.28. The zero-order valence-corrected chi connectivity index (χ0v) is 12.3. The number of aromatic amines is 1. The van der Waals surface area contributed by atoms with Gasteiger partial charge in [0, 0.05) is 32.6 Å². The third-order valence-electron chi connectivity index (χ3n) is 4.00. The van der Waals surface area contributed by atoms with Crippen LogP contribution in [0.2, 0.25) is 0 Å². The summed E-state index contributed by atoms with van der Waals surface area (Å²) in [7, 11) is 1.77. The van der Waals surface area contributed by atoms with E-state index in [-0.39, 0.29) is 5.60 Å². The second-order valence-corrected chi connectivity index (χ2v) is 5.49. The lowest BCUT2D eigenvalue weighted by atomic mass is 10.1. The Morgan fingerprint density at radius 3 is 2.90 bits per heavy atom. The van der Waals surface area contributed by atoms with Crippen LogP contribution in [0.25, 0.3) is 0 Å². The van der Waals surface area contributed by atoms with Crippen molar-refractivity contribution in [2.24, 2.45) is 0 Å². The van der Waals surface area contributed by atoms with Gasteiger partial charge in [-0.2, -0.15) is 0 Å². The molecular weight excluding hydrogens is 266 g/mol. The van der Waals surface area contributed by atoms with Crippen molar-refractivity contribution in [2.75, 3.05) is 26.8 Å². The van der Waals surface area contributed by atoms with Gasteiger partial charge in [0.25, 0.3) is 0 Å². The molecule has 1 aromatic heterocycles. The van der Waals surface area contributed by atoms with Crippen molar-refractivity contribution in [3.63, 3.8) is 0 Å². The van der Waals surface area contributed by atoms with Crippen LogP contribution in [0.5, 0.6) is 5.75 Å². The molecule has 1 saturated heterocycles. The normalized spacial score (nSPS) is 22.5. The fourth-order valence-electron chi connectivity index (χ4n) is 2.73. The summed E-state index contributed by atoms with van der Waals surface area (Å²) in [4.78, 5) is 9.76. The molecule has 2 heterocycles. The number of hydrogen-bond donors (Lipinski definition) is 1. The first-order valence-corrected chi connectivity index (χ1v) is 7.23. The summed E-state index contributed by atoms with van der Waals surface area (Å²) in [6, 6.07) is 9.89. The fourth-order valence-corrected chi connectivity index (χ4v) is 2.73. The Bertz CT molecular complexity index is 544. The number of H-pyrrole nitrogens is 1. The summed E-state index contributed by atoms with van der Waals surface area (Å²) in [5, 5.41) is 0. The van der Waals surface area contributed by atoms with E-state index in [0.29, 0.717) is 6.61 Å². The topological polar surface area (TPSA) is 50.4 Å². The molecule has 1 fully saturated rings. The Morgan fingerprint density at radius 1 is 1.33 bits per heavy atom. The molecule has 0 saturated carbocycles. The first-order chi connectivity index (χ1) is 10.3. The average Bonchev–Trinajstić information content (AvgIpc) is 3.17. The molecule has 1 atom stereocenters. The number of benzene rings is 1. The van der Waals surface area contributed by atoms with Crippen molar-refractivity contribution in [3.05, 3.63) is 48.5 Å². The Hall–Kier alpha value is -1.85. The van der Waals surface area contributed by atoms with Crippen molar-refractivity contribution in [1.29, 1.82) is 0 Å². The number of rotatable bonds is 6. The van der Waals surface area contributed by atoms with E-state index in [2.05, 4.69) is 14.9 Å². The monoisotopic (exact) mass is 287 g/mol. The van der Waals surface area contributed by atoms with Crippen molar-refractivity contribution in [2.45, 2.75) is 18.6 Å². The molecule has 0 radical (unpaired) electrons. The van der Waals surface area contributed by atoms with E-state index in [0.717, 1.165) is 37.6 Å². The van der Waals surface area contributed by atoms with Crippen LogP contribution in [0.3, 0.4) is 0 Å². The maximum atomic E-state index is 5.89. The molecule has 0 amide bonds. The van der Waals surface area contributed by atoms with E-state index < -0.39 is 0 Å². The lowest BCUT2D eigenvalue weighted by Gasteiger charge is -2.27. The number of aromatic nitrogens is 2. The predicted molar refractivity (Wildman–Crippen MR) is 80.2 cm³/mol. The van der Waals surface area contributed by atoms with Crippen LogP contribution in [-0.2, 0) is 11.3 Å². The molecule has 0 spiro atoms. The van der Waals surface area contributed by atoms with Crippen LogP contribution < -0.4 is 4.74 Å². The maximum Gasteiger partial charge on any atom is 0.120 e. The van der Waals surface area contributed by atoms with Crippen molar-refractivity contribution in [1.82, 2.24) is 14.9 Å². The van der Waals surface area contributed by atoms with Gasteiger partial charge in [-0.15, -0.1) is 0 Å². The van der Waals surface area contributed by atoms with Gasteiger partial charge in [0.2, 0.25) is 0 Å². The molecule has 5 heteroatoms. The smallest absolute Gasteiger partial charge is 0.120 e. The molecule has 112 valence electrons. The predicted octanol–water partition coefficient (Wildman–Crippen LogP) is 2.08. The van der Waals surface area contributed by atoms with Crippen LogP contribution >= 0.6 is 0 Å². The molecule has 21 heavy (non-hydrogen) atoms. The van der Waals surface area contributed by atoms with Gasteiger partial charge >= 0.3 is 0 Å². The SMILES string of the molecule is CO[C@@]1(COc2ccccc2)CCN(Cc2ncc[nH]2)C1. The second-order valence-electron chi connectivity index (χ2n) is 5.49. The van der Waals surface area contributed by atoms with E-state index in [1.54, 1.807) is 13.3 Å². The van der Waals surface area contributed by atoms with Gasteiger partial charge in [-0.1, -0.05) is 18.2 Å². The molecule has 1 N–H and O–H groups in total. The molecular formula is C16H21N3O2. The molecule has 0 unspecified atom stereocenters. The highest BCUT2D eigenvalue weighted by atomic mass is 16.5. The Balaban J connectivity index is 1.57. The average molecular weight is 287 g/mol. The van der Waals surface area contributed by atoms with Gasteiger partial charge in [-0.25, -0.2) is 4.98 Å². The first-order valence-electron chi connectivity index (χ1n) is 7.23. The number of nitrogens with zero attached hydrogens (tertiary/aromatic N) is 2. The molecule has 1 aliphatic rings. The van der Waals surface area contributed by atoms with Gasteiger partial charge in [-0.3, -0.25) is 4.90 Å². The van der Waals surface area contributed by atoms with Gasteiger partial charge in [-0.05, 0) is 18.6 Å². The van der Waals surface area contributed by atoms with Crippen molar-refractivity contribution >= 4 is 0 Å². The van der Waals surface area contributed by atoms with Crippen LogP contribution in [0.4, 0.5) is 0 Å². The third-order valence-corrected chi connectivity index (χ3v) is 4.00. The van der Waals surface area contributed by atoms with E-state index in [1.807, 2.05) is 36.5 Å². The van der Waals surface area contributed by atoms with E-state index >= 15 is 0 Å². The summed E-state index contributed by atoms with van der Waals surface area (Å²) in [5.41, 5.74) is -0.234. The molecule has 3 rings (SSSR count). The Morgan fingerprint density at radius 2 is 2.19 bits per heavy atom. The highest BCUT2D eigenvalue weighted by Crippen LogP contribution is 2.27. The van der Waals surface area contributed by atoms with Crippen LogP contribution in [0.1, 0.15) is 12.2 Å². The number of ether oxygens (including phenoxy) is 2. The summed E-state index contributed by atoms with van der Waals surface area (Å²) < 4.78 is 11.7. The van der Waals surface area contributed by atoms with Gasteiger partial charge in [0.15, 0.2) is 0 Å². The lowest BCUT2D eigenvalue weighted by Crippen LogP contribution is -2.41. The number of hydrogen-bond acceptors (Lipinski definition) is 4. The highest BCUT2D eigenvalue weighted by Gasteiger charge is 2.39. The van der Waals surface area contributed by atoms with Gasteiger partial charge < -0.3 is 14.5 Å². The van der Waals surface area contributed by atoms with E-state index in [4.69, 9.17) is 9.47 Å². The zero-order chi connectivity index (χ0) is 14.5. The zero-order valence-electron chi connectivity index (χ0n) is 12.3. The van der Waals surface area contributed by atoms with Crippen molar-refractivity contribution < 1.29 is 9.47 Å². The number of likely N-dealkylation sites (tertiary alicyclic amines) is 1. The Labute approximate surface area is 124 Å². The number of imidazole rings is 1. The molecule has 0 bridgehead atoms. The summed E-state index contributed by atoms with van der Waals surface area (Å²) >= 11 is 0. The van der Waals surface area contributed by atoms with E-state index in [1.165, 1.54) is 0 Å². The minimum atomic E-state index is -0.234. The molecule has 2 aromatic rings. The summed E-state index contributed by atoms with van der Waals surface area (Å²) in [5.74, 6) is 1.88. The third kappa shape index (κ3) is 3.43. The minimum absolute atomic E-state index is 0.234. The number of nitrogens with one attached hydrogen (secondary N) is 1. The summed E-state index contributed by atoms with van der Waals surface area (Å²) in [6.07, 6.45) is 4.61. The van der Waals surface area contributed by atoms with Crippen LogP contribution in [0, 0.1) is 0 Å². The molecule has 5 nitrogen and oxygen atoms in total. The molecule has 1 aliphatic heterocycles. The van der Waals surface area contributed by atoms with E-state index in [9.17, 15) is 0 Å². The highest BCUT2D eigenvalue weighted by molar-refractivity contribution is 5.21. The maximum absolute atomic E-state index is 5.89. The molecule has 0 aliphatic carbocycles. The van der Waals surface area contributed by atoms with Crippen LogP contribution in [0.15, 0.2) is 42.7 Å². The van der Waals surface area contributed by atoms with Gasteiger partial charge in [0.1, 0.15) is 23.8 Å². The van der Waals surface area contributed by atoms with Gasteiger partial charge in [0.05, 0.1) is 6.54 Å². The Kier molecular flexibility index (Phi) is 4.22. The minimum Gasteiger partial charge on any atom is -0.491 e. The lowest BCUT2D eigenvalue weighted by molar-refractivity contribution is -0.0360. The standard InChI is InChI=1S/C16H21N3O2/c1-20-16(13-21-14-5-3-2-4-6-14)7-10-19(12-16)11-15-17-8-9-18-15/h2-6,8-9H,7,10-13H2,1H3,(H,17,18)/t16-/m0/s1. The molecule has 1 aromatic carbocycles. The first kappa shape index (κ1) is 14.1. The van der Waals surface area contributed by atoms with Crippen LogP contribution in [-0.4, -0.2) is 47.3 Å². The van der Waals surface area contributed by atoms with Crippen molar-refractivity contribution in [3.8, 4) is 5.75 Å². The summed E-state index contributed by atoms with van der Waals surface area (Å²) in [6.45, 7) is 3.25. The number of para-hydroxylation sites is 1.